The van der Waals surface area contributed by atoms with Crippen LogP contribution in [-0.4, -0.2) is 6.29 Å². The lowest BCUT2D eigenvalue weighted by molar-refractivity contribution is -0.111. The van der Waals surface area contributed by atoms with Gasteiger partial charge in [0, 0.05) is 5.92 Å². The van der Waals surface area contributed by atoms with Crippen molar-refractivity contribution >= 4 is 0 Å². The van der Waals surface area contributed by atoms with E-state index in [0.717, 1.165) is 5.92 Å². The highest BCUT2D eigenvalue weighted by molar-refractivity contribution is 5.26. The lowest BCUT2D eigenvalue weighted by Crippen LogP contribution is -2.25. The average molecular weight is 318 g/mol. The van der Waals surface area contributed by atoms with E-state index in [1.165, 1.54) is 24.0 Å². The van der Waals surface area contributed by atoms with Gasteiger partial charge in [-0.05, 0) is 35.8 Å². The molecule has 2 aromatic carbocycles. The predicted octanol–water partition coefficient (Wildman–Crippen LogP) is 5.05. The van der Waals surface area contributed by atoms with E-state index in [-0.39, 0.29) is 18.5 Å². The molecule has 2 fully saturated rings. The summed E-state index contributed by atoms with van der Waals surface area (Å²) in [4.78, 5) is 0. The zero-order valence-electron chi connectivity index (χ0n) is 13.6. The van der Waals surface area contributed by atoms with Gasteiger partial charge in [0.2, 0.25) is 0 Å². The van der Waals surface area contributed by atoms with Gasteiger partial charge in [-0.1, -0.05) is 72.8 Å². The first-order valence-corrected chi connectivity index (χ1v) is 8.97. The van der Waals surface area contributed by atoms with Crippen LogP contribution >= 0.6 is 0 Å². The monoisotopic (exact) mass is 318 g/mol. The third kappa shape index (κ3) is 2.42. The summed E-state index contributed by atoms with van der Waals surface area (Å²) in [5.74, 6) is 1.86. The Kier molecular flexibility index (Phi) is 3.53. The normalized spacial score (nSPS) is 34.9. The number of ether oxygens (including phenoxy) is 2. The van der Waals surface area contributed by atoms with Crippen LogP contribution in [0.5, 0.6) is 0 Å². The van der Waals surface area contributed by atoms with Crippen molar-refractivity contribution in [1.29, 1.82) is 0 Å². The third-order valence-corrected chi connectivity index (χ3v) is 5.77. The molecule has 2 bridgehead atoms. The average Bonchev–Trinajstić information content (AvgIpc) is 3.38. The molecule has 5 atom stereocenters. The highest BCUT2D eigenvalue weighted by Gasteiger charge is 2.47. The number of fused-ring (bicyclic) bond motifs is 2. The van der Waals surface area contributed by atoms with E-state index in [9.17, 15) is 0 Å². The number of hydrogen-bond acceptors (Lipinski definition) is 2. The number of hydrogen-bond donors (Lipinski definition) is 0. The Morgan fingerprint density at radius 3 is 1.71 bits per heavy atom. The summed E-state index contributed by atoms with van der Waals surface area (Å²) in [6, 6.07) is 21.0. The van der Waals surface area contributed by atoms with Crippen LogP contribution in [0.15, 0.2) is 72.8 Å². The summed E-state index contributed by atoms with van der Waals surface area (Å²) < 4.78 is 13.0. The summed E-state index contributed by atoms with van der Waals surface area (Å²) in [5.41, 5.74) is 2.40. The standard InChI is InChI=1S/C22H22O2/c1-3-7-16(8-4-1)20-21(17-9-5-2-6-10-17)24-22(23-20)19-14-15-11-12-18(19)13-15/h1-12,15,18-22H,13-14H2/t15?,18?,19-,20+,21+/m1/s1. The molecule has 0 N–H and O–H groups in total. The maximum Gasteiger partial charge on any atom is 0.162 e. The van der Waals surface area contributed by atoms with Crippen molar-refractivity contribution in [2.75, 3.05) is 0 Å². The molecule has 1 aliphatic heterocycles. The molecule has 2 unspecified atom stereocenters. The first-order chi connectivity index (χ1) is 11.9. The summed E-state index contributed by atoms with van der Waals surface area (Å²) in [6.07, 6.45) is 7.08. The largest absolute Gasteiger partial charge is 0.341 e. The van der Waals surface area contributed by atoms with Gasteiger partial charge in [-0.25, -0.2) is 0 Å². The molecule has 5 rings (SSSR count). The van der Waals surface area contributed by atoms with Gasteiger partial charge in [0.1, 0.15) is 12.2 Å². The summed E-state index contributed by atoms with van der Waals surface area (Å²) in [6.45, 7) is 0. The molecule has 3 aliphatic rings. The molecule has 1 saturated carbocycles. The summed E-state index contributed by atoms with van der Waals surface area (Å²) >= 11 is 0. The first kappa shape index (κ1) is 14.4. The fourth-order valence-corrected chi connectivity index (χ4v) is 4.59. The lowest BCUT2D eigenvalue weighted by atomic mass is 9.93. The van der Waals surface area contributed by atoms with Crippen molar-refractivity contribution in [3.63, 3.8) is 0 Å². The van der Waals surface area contributed by atoms with Gasteiger partial charge in [-0.15, -0.1) is 0 Å². The van der Waals surface area contributed by atoms with Gasteiger partial charge in [-0.2, -0.15) is 0 Å². The van der Waals surface area contributed by atoms with Crippen molar-refractivity contribution in [3.05, 3.63) is 83.9 Å². The van der Waals surface area contributed by atoms with Crippen LogP contribution in [0.4, 0.5) is 0 Å². The molecule has 1 heterocycles. The van der Waals surface area contributed by atoms with Crippen LogP contribution < -0.4 is 0 Å². The van der Waals surface area contributed by atoms with Gasteiger partial charge in [-0.3, -0.25) is 0 Å². The number of allylic oxidation sites excluding steroid dienone is 2. The van der Waals surface area contributed by atoms with Crippen LogP contribution in [0.3, 0.4) is 0 Å². The van der Waals surface area contributed by atoms with E-state index in [1.54, 1.807) is 0 Å². The molecule has 24 heavy (non-hydrogen) atoms. The molecule has 2 aromatic rings. The Balaban J connectivity index is 1.46. The zero-order chi connectivity index (χ0) is 15.9. The van der Waals surface area contributed by atoms with Crippen LogP contribution in [0, 0.1) is 17.8 Å². The van der Waals surface area contributed by atoms with Crippen LogP contribution in [0.25, 0.3) is 0 Å². The maximum atomic E-state index is 6.49. The molecule has 2 nitrogen and oxygen atoms in total. The van der Waals surface area contributed by atoms with Crippen LogP contribution in [-0.2, 0) is 9.47 Å². The Hall–Kier alpha value is -1.90. The molecular weight excluding hydrogens is 296 g/mol. The predicted molar refractivity (Wildman–Crippen MR) is 93.2 cm³/mol. The van der Waals surface area contributed by atoms with Crippen molar-refractivity contribution in [3.8, 4) is 0 Å². The van der Waals surface area contributed by atoms with E-state index < -0.39 is 0 Å². The van der Waals surface area contributed by atoms with Crippen molar-refractivity contribution < 1.29 is 9.47 Å². The van der Waals surface area contributed by atoms with E-state index >= 15 is 0 Å². The van der Waals surface area contributed by atoms with Gasteiger partial charge in [0.05, 0.1) is 0 Å². The lowest BCUT2D eigenvalue weighted by Gasteiger charge is -2.24. The Labute approximate surface area is 143 Å². The second-order valence-corrected chi connectivity index (χ2v) is 7.25. The quantitative estimate of drug-likeness (QED) is 0.737. The fourth-order valence-electron chi connectivity index (χ4n) is 4.59. The van der Waals surface area contributed by atoms with Gasteiger partial charge in [0.15, 0.2) is 6.29 Å². The minimum atomic E-state index is -0.0969. The van der Waals surface area contributed by atoms with E-state index in [2.05, 4.69) is 72.8 Å². The third-order valence-electron chi connectivity index (χ3n) is 5.77. The Morgan fingerprint density at radius 2 is 1.25 bits per heavy atom. The summed E-state index contributed by atoms with van der Waals surface area (Å²) in [5, 5.41) is 0. The van der Waals surface area contributed by atoms with Gasteiger partial charge < -0.3 is 9.47 Å². The fraction of sp³-hybridized carbons (Fsp3) is 0.364. The van der Waals surface area contributed by atoms with E-state index in [1.807, 2.05) is 0 Å². The Bertz CT molecular complexity index is 677. The molecule has 122 valence electrons. The SMILES string of the molecule is C1=CC2CC1C[C@H]2C1O[C@@H](c2ccccc2)[C@H](c2ccccc2)O1. The van der Waals surface area contributed by atoms with E-state index in [0.29, 0.717) is 11.8 Å². The number of rotatable bonds is 3. The highest BCUT2D eigenvalue weighted by Crippen LogP contribution is 2.52. The molecule has 0 radical (unpaired) electrons. The molecule has 1 saturated heterocycles. The zero-order valence-corrected chi connectivity index (χ0v) is 13.6. The summed E-state index contributed by atoms with van der Waals surface area (Å²) in [7, 11) is 0. The molecule has 0 amide bonds. The van der Waals surface area contributed by atoms with E-state index in [4.69, 9.17) is 9.47 Å². The Morgan fingerprint density at radius 1 is 0.667 bits per heavy atom. The van der Waals surface area contributed by atoms with Crippen LogP contribution in [0.2, 0.25) is 0 Å². The second-order valence-electron chi connectivity index (χ2n) is 7.25. The van der Waals surface area contributed by atoms with Gasteiger partial charge in [0.25, 0.3) is 0 Å². The smallest absolute Gasteiger partial charge is 0.162 e. The van der Waals surface area contributed by atoms with Crippen molar-refractivity contribution in [2.24, 2.45) is 17.8 Å². The molecular formula is C22H22O2. The molecule has 2 aliphatic carbocycles. The topological polar surface area (TPSA) is 18.5 Å². The molecule has 0 aromatic heterocycles. The van der Waals surface area contributed by atoms with Crippen molar-refractivity contribution in [2.45, 2.75) is 31.3 Å². The minimum absolute atomic E-state index is 0.0262. The number of benzene rings is 2. The molecule has 2 heteroatoms. The minimum Gasteiger partial charge on any atom is -0.341 e. The van der Waals surface area contributed by atoms with Gasteiger partial charge >= 0.3 is 0 Å². The van der Waals surface area contributed by atoms with Crippen LogP contribution in [0.1, 0.15) is 36.2 Å². The maximum absolute atomic E-state index is 6.49. The highest BCUT2D eigenvalue weighted by atomic mass is 16.7. The molecule has 0 spiro atoms. The second kappa shape index (κ2) is 5.87. The van der Waals surface area contributed by atoms with Crippen molar-refractivity contribution in [1.82, 2.24) is 0 Å². The first-order valence-electron chi connectivity index (χ1n) is 8.97.